The van der Waals surface area contributed by atoms with Crippen LogP contribution in [-0.4, -0.2) is 31.1 Å². The van der Waals surface area contributed by atoms with Gasteiger partial charge in [-0.3, -0.25) is 0 Å². The van der Waals surface area contributed by atoms with E-state index < -0.39 is 0 Å². The molecule has 0 aliphatic heterocycles. The third-order valence-electron chi connectivity index (χ3n) is 4.76. The fourth-order valence-corrected chi connectivity index (χ4v) is 3.34. The molecule has 4 heteroatoms. The average Bonchev–Trinajstić information content (AvgIpc) is 2.61. The van der Waals surface area contributed by atoms with Crippen LogP contribution in [0, 0.1) is 5.92 Å². The van der Waals surface area contributed by atoms with Crippen LogP contribution in [0.3, 0.4) is 0 Å². The van der Waals surface area contributed by atoms with Crippen LogP contribution in [0.25, 0.3) is 0 Å². The molecule has 0 atom stereocenters. The second kappa shape index (κ2) is 10.3. The smallest absolute Gasteiger partial charge is 0.317 e. The molecule has 1 aliphatic carbocycles. The Bertz CT molecular complexity index is 498. The summed E-state index contributed by atoms with van der Waals surface area (Å²) in [6.45, 7) is 4.91. The molecular formula is C20H32N2O2. The molecule has 2 amide bonds. The Morgan fingerprint density at radius 2 is 1.92 bits per heavy atom. The minimum atomic E-state index is 0.0184. The van der Waals surface area contributed by atoms with Crippen molar-refractivity contribution >= 4 is 6.03 Å². The molecule has 1 N–H and O–H groups in total. The molecule has 1 aromatic rings. The Balaban J connectivity index is 1.80. The Kier molecular flexibility index (Phi) is 8.10. The van der Waals surface area contributed by atoms with Gasteiger partial charge in [-0.15, -0.1) is 0 Å². The van der Waals surface area contributed by atoms with E-state index >= 15 is 0 Å². The molecule has 2 rings (SSSR count). The van der Waals surface area contributed by atoms with Gasteiger partial charge in [0.1, 0.15) is 0 Å². The van der Waals surface area contributed by atoms with E-state index in [1.165, 1.54) is 32.1 Å². The largest absolute Gasteiger partial charge is 0.377 e. The van der Waals surface area contributed by atoms with Crippen molar-refractivity contribution in [2.24, 2.45) is 5.92 Å². The number of nitrogens with zero attached hydrogens (tertiary/aromatic N) is 1. The van der Waals surface area contributed by atoms with Crippen molar-refractivity contribution < 1.29 is 9.53 Å². The predicted octanol–water partition coefficient (Wildman–Crippen LogP) is 4.33. The van der Waals surface area contributed by atoms with Crippen molar-refractivity contribution in [3.05, 3.63) is 35.4 Å². The molecule has 24 heavy (non-hydrogen) atoms. The molecule has 134 valence electrons. The van der Waals surface area contributed by atoms with Crippen LogP contribution in [-0.2, 0) is 17.9 Å². The predicted molar refractivity (Wildman–Crippen MR) is 97.8 cm³/mol. The van der Waals surface area contributed by atoms with Crippen molar-refractivity contribution in [2.45, 2.75) is 58.6 Å². The van der Waals surface area contributed by atoms with Gasteiger partial charge in [0.15, 0.2) is 0 Å². The summed E-state index contributed by atoms with van der Waals surface area (Å²) in [5.74, 6) is 0.671. The van der Waals surface area contributed by atoms with Crippen molar-refractivity contribution in [3.63, 3.8) is 0 Å². The van der Waals surface area contributed by atoms with Gasteiger partial charge in [-0.25, -0.2) is 4.79 Å². The first-order valence-electron chi connectivity index (χ1n) is 9.34. The van der Waals surface area contributed by atoms with Crippen molar-refractivity contribution in [1.29, 1.82) is 0 Å². The highest BCUT2D eigenvalue weighted by Crippen LogP contribution is 2.24. The zero-order chi connectivity index (χ0) is 17.2. The van der Waals surface area contributed by atoms with Crippen LogP contribution in [0.15, 0.2) is 24.3 Å². The van der Waals surface area contributed by atoms with E-state index in [0.717, 1.165) is 30.7 Å². The number of ether oxygens (including phenoxy) is 1. The minimum absolute atomic E-state index is 0.0184. The van der Waals surface area contributed by atoms with E-state index in [1.54, 1.807) is 0 Å². The zero-order valence-corrected chi connectivity index (χ0v) is 15.2. The standard InChI is InChI=1S/C20H32N2O2/c1-3-13-24-16-19-12-8-7-11-18(19)14-21-20(23)22(2)15-17-9-5-4-6-10-17/h7-8,11-12,17H,3-6,9-10,13-16H2,1-2H3,(H,21,23). The second-order valence-electron chi connectivity index (χ2n) is 6.86. The first kappa shape index (κ1) is 18.8. The fraction of sp³-hybridized carbons (Fsp3) is 0.650. The van der Waals surface area contributed by atoms with Crippen LogP contribution in [0.1, 0.15) is 56.6 Å². The highest BCUT2D eigenvalue weighted by Gasteiger charge is 2.18. The summed E-state index contributed by atoms with van der Waals surface area (Å²) in [4.78, 5) is 14.2. The molecule has 0 unspecified atom stereocenters. The third kappa shape index (κ3) is 6.16. The molecule has 1 saturated carbocycles. The van der Waals surface area contributed by atoms with Crippen molar-refractivity contribution in [1.82, 2.24) is 10.2 Å². The number of benzene rings is 1. The third-order valence-corrected chi connectivity index (χ3v) is 4.76. The van der Waals surface area contributed by atoms with Crippen LogP contribution >= 0.6 is 0 Å². The topological polar surface area (TPSA) is 41.6 Å². The molecule has 0 saturated heterocycles. The molecule has 4 nitrogen and oxygen atoms in total. The second-order valence-corrected chi connectivity index (χ2v) is 6.86. The first-order valence-corrected chi connectivity index (χ1v) is 9.34. The van der Waals surface area contributed by atoms with Gasteiger partial charge in [0.25, 0.3) is 0 Å². The van der Waals surface area contributed by atoms with Crippen LogP contribution < -0.4 is 5.32 Å². The van der Waals surface area contributed by atoms with E-state index in [0.29, 0.717) is 19.1 Å². The lowest BCUT2D eigenvalue weighted by Gasteiger charge is -2.27. The first-order chi connectivity index (χ1) is 11.7. The van der Waals surface area contributed by atoms with Gasteiger partial charge < -0.3 is 15.0 Å². The van der Waals surface area contributed by atoms with E-state index in [-0.39, 0.29) is 6.03 Å². The van der Waals surface area contributed by atoms with Gasteiger partial charge in [-0.1, -0.05) is 50.5 Å². The van der Waals surface area contributed by atoms with Gasteiger partial charge >= 0.3 is 6.03 Å². The molecule has 1 aliphatic rings. The molecular weight excluding hydrogens is 300 g/mol. The summed E-state index contributed by atoms with van der Waals surface area (Å²) in [5.41, 5.74) is 2.29. The number of urea groups is 1. The molecule has 1 aromatic carbocycles. The van der Waals surface area contributed by atoms with Crippen LogP contribution in [0.4, 0.5) is 4.79 Å². The SMILES string of the molecule is CCCOCc1ccccc1CNC(=O)N(C)CC1CCCCC1. The lowest BCUT2D eigenvalue weighted by Crippen LogP contribution is -2.40. The number of carbonyl (C=O) groups excluding carboxylic acids is 1. The molecule has 0 aromatic heterocycles. The van der Waals surface area contributed by atoms with Gasteiger partial charge in [0.2, 0.25) is 0 Å². The maximum atomic E-state index is 12.3. The molecule has 1 fully saturated rings. The zero-order valence-electron chi connectivity index (χ0n) is 15.2. The Labute approximate surface area is 146 Å². The summed E-state index contributed by atoms with van der Waals surface area (Å²) < 4.78 is 5.64. The molecule has 0 spiro atoms. The highest BCUT2D eigenvalue weighted by molar-refractivity contribution is 5.73. The number of hydrogen-bond acceptors (Lipinski definition) is 2. The van der Waals surface area contributed by atoms with Crippen molar-refractivity contribution in [3.8, 4) is 0 Å². The summed E-state index contributed by atoms with van der Waals surface area (Å²) in [6.07, 6.45) is 7.51. The summed E-state index contributed by atoms with van der Waals surface area (Å²) in [5, 5.41) is 3.05. The fourth-order valence-electron chi connectivity index (χ4n) is 3.34. The van der Waals surface area contributed by atoms with E-state index in [9.17, 15) is 4.79 Å². The summed E-state index contributed by atoms with van der Waals surface area (Å²) in [6, 6.07) is 8.18. The van der Waals surface area contributed by atoms with E-state index in [2.05, 4.69) is 24.4 Å². The Morgan fingerprint density at radius 1 is 1.21 bits per heavy atom. The maximum absolute atomic E-state index is 12.3. The van der Waals surface area contributed by atoms with E-state index in [4.69, 9.17) is 4.74 Å². The summed E-state index contributed by atoms with van der Waals surface area (Å²) in [7, 11) is 1.90. The Hall–Kier alpha value is -1.55. The van der Waals surface area contributed by atoms with Gasteiger partial charge in [0.05, 0.1) is 6.61 Å². The molecule has 0 heterocycles. The number of hydrogen-bond donors (Lipinski definition) is 1. The Morgan fingerprint density at radius 3 is 2.62 bits per heavy atom. The maximum Gasteiger partial charge on any atom is 0.317 e. The number of rotatable bonds is 8. The van der Waals surface area contributed by atoms with Crippen molar-refractivity contribution in [2.75, 3.05) is 20.2 Å². The van der Waals surface area contributed by atoms with Gasteiger partial charge in [-0.2, -0.15) is 0 Å². The normalized spacial score (nSPS) is 15.2. The molecule has 0 radical (unpaired) electrons. The van der Waals surface area contributed by atoms with Gasteiger partial charge in [-0.05, 0) is 36.3 Å². The summed E-state index contributed by atoms with van der Waals surface area (Å²) >= 11 is 0. The minimum Gasteiger partial charge on any atom is -0.377 e. The lowest BCUT2D eigenvalue weighted by molar-refractivity contribution is 0.121. The number of nitrogens with one attached hydrogen (secondary N) is 1. The highest BCUT2D eigenvalue weighted by atomic mass is 16.5. The van der Waals surface area contributed by atoms with Crippen LogP contribution in [0.5, 0.6) is 0 Å². The lowest BCUT2D eigenvalue weighted by atomic mass is 9.89. The monoisotopic (exact) mass is 332 g/mol. The quantitative estimate of drug-likeness (QED) is 0.720. The van der Waals surface area contributed by atoms with E-state index in [1.807, 2.05) is 24.1 Å². The van der Waals surface area contributed by atoms with Gasteiger partial charge in [0, 0.05) is 26.7 Å². The average molecular weight is 332 g/mol. The number of carbonyl (C=O) groups is 1. The van der Waals surface area contributed by atoms with Crippen LogP contribution in [0.2, 0.25) is 0 Å². The number of amides is 2. The molecule has 0 bridgehead atoms.